The fourth-order valence-electron chi connectivity index (χ4n) is 4.60. The lowest BCUT2D eigenvalue weighted by Crippen LogP contribution is -2.50. The van der Waals surface area contributed by atoms with Gasteiger partial charge < -0.3 is 10.2 Å². The third kappa shape index (κ3) is 8.83. The van der Waals surface area contributed by atoms with Crippen LogP contribution in [-0.4, -0.2) is 50.5 Å². The molecular weight excluding hydrogens is 546 g/mol. The molecule has 2 amide bonds. The summed E-state index contributed by atoms with van der Waals surface area (Å²) in [5.74, 6) is -0.460. The van der Waals surface area contributed by atoms with Crippen molar-refractivity contribution in [2.75, 3.05) is 23.7 Å². The molecule has 0 radical (unpaired) electrons. The molecule has 0 heterocycles. The fraction of sp³-hybridized carbons (Fsp3) is 0.355. The summed E-state index contributed by atoms with van der Waals surface area (Å²) < 4.78 is 26.8. The number of sulfonamides is 1. The van der Waals surface area contributed by atoms with Crippen LogP contribution in [0, 0.1) is 13.8 Å². The first-order chi connectivity index (χ1) is 19.0. The molecule has 0 aliphatic carbocycles. The molecule has 214 valence electrons. The van der Waals surface area contributed by atoms with Crippen molar-refractivity contribution in [3.63, 3.8) is 0 Å². The molecule has 7 nitrogen and oxygen atoms in total. The zero-order valence-electron chi connectivity index (χ0n) is 23.6. The minimum Gasteiger partial charge on any atom is -0.355 e. The molecule has 0 saturated carbocycles. The predicted octanol–water partition coefficient (Wildman–Crippen LogP) is 5.28. The van der Waals surface area contributed by atoms with Gasteiger partial charge in [0.2, 0.25) is 21.8 Å². The van der Waals surface area contributed by atoms with Gasteiger partial charge in [0.05, 0.1) is 11.9 Å². The molecule has 3 rings (SSSR count). The van der Waals surface area contributed by atoms with Gasteiger partial charge in [-0.2, -0.15) is 0 Å². The molecule has 0 aromatic heterocycles. The molecule has 0 aliphatic rings. The van der Waals surface area contributed by atoms with Gasteiger partial charge in [-0.05, 0) is 67.6 Å². The number of nitrogens with one attached hydrogen (secondary N) is 1. The monoisotopic (exact) mass is 583 g/mol. The average molecular weight is 584 g/mol. The van der Waals surface area contributed by atoms with Crippen molar-refractivity contribution >= 4 is 39.1 Å². The minimum absolute atomic E-state index is 0.0785. The SMILES string of the molecule is CCNC(=O)[C@H](Cc1ccccc1)N(Cc1ccc(Cl)cc1)C(=O)CCCN(c1cc(C)ccc1C)S(C)(=O)=O. The molecule has 3 aromatic carbocycles. The van der Waals surface area contributed by atoms with E-state index in [4.69, 9.17) is 11.6 Å². The summed E-state index contributed by atoms with van der Waals surface area (Å²) in [5.41, 5.74) is 4.17. The number of benzene rings is 3. The fourth-order valence-corrected chi connectivity index (χ4v) is 5.74. The molecule has 0 bridgehead atoms. The van der Waals surface area contributed by atoms with Crippen LogP contribution < -0.4 is 9.62 Å². The van der Waals surface area contributed by atoms with Crippen LogP contribution in [0.25, 0.3) is 0 Å². The Morgan fingerprint density at radius 2 is 1.62 bits per heavy atom. The molecule has 0 aliphatic heterocycles. The Hall–Kier alpha value is -3.36. The van der Waals surface area contributed by atoms with Gasteiger partial charge in [0, 0.05) is 37.5 Å². The average Bonchev–Trinajstić information content (AvgIpc) is 2.91. The number of halogens is 1. The van der Waals surface area contributed by atoms with Gasteiger partial charge >= 0.3 is 0 Å². The van der Waals surface area contributed by atoms with Crippen molar-refractivity contribution in [2.45, 2.75) is 52.6 Å². The summed E-state index contributed by atoms with van der Waals surface area (Å²) in [5, 5.41) is 3.46. The molecule has 1 atom stereocenters. The molecule has 9 heteroatoms. The summed E-state index contributed by atoms with van der Waals surface area (Å²) in [7, 11) is -3.57. The van der Waals surface area contributed by atoms with Crippen molar-refractivity contribution in [1.29, 1.82) is 0 Å². The summed E-state index contributed by atoms with van der Waals surface area (Å²) in [4.78, 5) is 28.7. The maximum absolute atomic E-state index is 13.8. The molecule has 0 spiro atoms. The number of anilines is 1. The Morgan fingerprint density at radius 3 is 2.25 bits per heavy atom. The zero-order chi connectivity index (χ0) is 29.3. The summed E-state index contributed by atoms with van der Waals surface area (Å²) in [6.07, 6.45) is 1.90. The standard InChI is InChI=1S/C31H38ClN3O4S/c1-5-33-31(37)29(21-25-10-7-6-8-11-25)34(22-26-15-17-27(32)18-16-26)30(36)12-9-19-35(40(4,38)39)28-20-23(2)13-14-24(28)3/h6-8,10-11,13-18,20,29H,5,9,12,19,21-22H2,1-4H3,(H,33,37)/t29-/m0/s1. The topological polar surface area (TPSA) is 86.8 Å². The van der Waals surface area contributed by atoms with E-state index >= 15 is 0 Å². The van der Waals surface area contributed by atoms with Crippen LogP contribution in [0.2, 0.25) is 5.02 Å². The van der Waals surface area contributed by atoms with Crippen LogP contribution in [0.5, 0.6) is 0 Å². The number of amides is 2. The Labute approximate surface area is 243 Å². The minimum atomic E-state index is -3.57. The molecular formula is C31H38ClN3O4S. The number of carbonyl (C=O) groups excluding carboxylic acids is 2. The van der Waals surface area contributed by atoms with E-state index < -0.39 is 16.1 Å². The summed E-state index contributed by atoms with van der Waals surface area (Å²) in [6, 6.07) is 21.7. The highest BCUT2D eigenvalue weighted by molar-refractivity contribution is 7.92. The van der Waals surface area contributed by atoms with Crippen molar-refractivity contribution in [2.24, 2.45) is 0 Å². The van der Waals surface area contributed by atoms with Crippen molar-refractivity contribution in [3.05, 3.63) is 100 Å². The Kier molecular flexibility index (Phi) is 11.2. The van der Waals surface area contributed by atoms with Crippen molar-refractivity contribution in [1.82, 2.24) is 10.2 Å². The van der Waals surface area contributed by atoms with Crippen LogP contribution in [0.3, 0.4) is 0 Å². The van der Waals surface area contributed by atoms with Crippen molar-refractivity contribution < 1.29 is 18.0 Å². The van der Waals surface area contributed by atoms with E-state index in [1.165, 1.54) is 10.6 Å². The van der Waals surface area contributed by atoms with Gasteiger partial charge in [0.25, 0.3) is 0 Å². The second-order valence-electron chi connectivity index (χ2n) is 9.98. The molecule has 3 aromatic rings. The highest BCUT2D eigenvalue weighted by Gasteiger charge is 2.30. The van der Waals surface area contributed by atoms with E-state index in [0.29, 0.717) is 30.1 Å². The van der Waals surface area contributed by atoms with Gasteiger partial charge in [-0.25, -0.2) is 8.42 Å². The predicted molar refractivity (Wildman–Crippen MR) is 162 cm³/mol. The molecule has 40 heavy (non-hydrogen) atoms. The smallest absolute Gasteiger partial charge is 0.243 e. The third-order valence-electron chi connectivity index (χ3n) is 6.67. The molecule has 0 unspecified atom stereocenters. The van der Waals surface area contributed by atoms with Gasteiger partial charge in [-0.15, -0.1) is 0 Å². The highest BCUT2D eigenvalue weighted by Crippen LogP contribution is 2.25. The summed E-state index contributed by atoms with van der Waals surface area (Å²) >= 11 is 6.08. The molecule has 0 saturated heterocycles. The second-order valence-corrected chi connectivity index (χ2v) is 12.3. The van der Waals surface area contributed by atoms with Gasteiger partial charge in [-0.3, -0.25) is 13.9 Å². The van der Waals surface area contributed by atoms with Crippen LogP contribution in [0.1, 0.15) is 42.0 Å². The third-order valence-corrected chi connectivity index (χ3v) is 8.11. The largest absolute Gasteiger partial charge is 0.355 e. The van der Waals surface area contributed by atoms with Gasteiger partial charge in [0.1, 0.15) is 6.04 Å². The number of carbonyl (C=O) groups is 2. The number of aryl methyl sites for hydroxylation is 2. The Morgan fingerprint density at radius 1 is 0.950 bits per heavy atom. The van der Waals surface area contributed by atoms with Gasteiger partial charge in [-0.1, -0.05) is 66.2 Å². The quantitative estimate of drug-likeness (QED) is 0.297. The first kappa shape index (κ1) is 31.2. The van der Waals surface area contributed by atoms with E-state index in [1.807, 2.05) is 81.4 Å². The lowest BCUT2D eigenvalue weighted by molar-refractivity contribution is -0.141. The van der Waals surface area contributed by atoms with Crippen LogP contribution >= 0.6 is 11.6 Å². The van der Waals surface area contributed by atoms with E-state index in [9.17, 15) is 18.0 Å². The Balaban J connectivity index is 1.87. The maximum atomic E-state index is 13.8. The van der Waals surface area contributed by atoms with Crippen LogP contribution in [0.15, 0.2) is 72.8 Å². The van der Waals surface area contributed by atoms with Gasteiger partial charge in [0.15, 0.2) is 0 Å². The first-order valence-corrected chi connectivity index (χ1v) is 15.6. The van der Waals surface area contributed by atoms with E-state index in [0.717, 1.165) is 22.3 Å². The lowest BCUT2D eigenvalue weighted by Gasteiger charge is -2.32. The summed E-state index contributed by atoms with van der Waals surface area (Å²) in [6.45, 7) is 6.43. The highest BCUT2D eigenvalue weighted by atomic mass is 35.5. The lowest BCUT2D eigenvalue weighted by atomic mass is 10.0. The maximum Gasteiger partial charge on any atom is 0.243 e. The van der Waals surface area contributed by atoms with Crippen LogP contribution in [0.4, 0.5) is 5.69 Å². The number of nitrogens with zero attached hydrogens (tertiary/aromatic N) is 2. The zero-order valence-corrected chi connectivity index (χ0v) is 25.1. The first-order valence-electron chi connectivity index (χ1n) is 13.4. The van der Waals surface area contributed by atoms with Crippen molar-refractivity contribution in [3.8, 4) is 0 Å². The Bertz CT molecular complexity index is 1400. The van der Waals surface area contributed by atoms with E-state index in [2.05, 4.69) is 5.32 Å². The second kappa shape index (κ2) is 14.3. The molecule has 0 fully saturated rings. The number of likely N-dealkylation sites (N-methyl/N-ethyl adjacent to an activating group) is 1. The van der Waals surface area contributed by atoms with E-state index in [-0.39, 0.29) is 31.3 Å². The van der Waals surface area contributed by atoms with E-state index in [1.54, 1.807) is 17.0 Å². The normalized spacial score (nSPS) is 12.0. The van der Waals surface area contributed by atoms with Crippen LogP contribution in [-0.2, 0) is 32.6 Å². The molecule has 1 N–H and O–H groups in total. The number of hydrogen-bond donors (Lipinski definition) is 1. The number of rotatable bonds is 13. The number of hydrogen-bond acceptors (Lipinski definition) is 4.